The first-order valence-electron chi connectivity index (χ1n) is 7.92. The van der Waals surface area contributed by atoms with Crippen LogP contribution in [0.3, 0.4) is 0 Å². The number of rotatable bonds is 5. The molecule has 0 spiro atoms. The van der Waals surface area contributed by atoms with Crippen molar-refractivity contribution in [3.8, 4) is 0 Å². The fourth-order valence-corrected chi connectivity index (χ4v) is 2.80. The van der Waals surface area contributed by atoms with Crippen molar-refractivity contribution in [1.82, 2.24) is 10.2 Å². The number of hydrogen-bond donors (Lipinski definition) is 1. The Morgan fingerprint density at radius 1 is 1.28 bits per heavy atom. The zero-order valence-electron chi connectivity index (χ0n) is 13.3. The highest BCUT2D eigenvalue weighted by atomic mass is 15.2. The van der Waals surface area contributed by atoms with Crippen LogP contribution in [0.4, 0.5) is 0 Å². The van der Waals surface area contributed by atoms with Gasteiger partial charge in [0.15, 0.2) is 0 Å². The second kappa shape index (κ2) is 7.49. The molecule has 0 amide bonds. The second-order valence-corrected chi connectivity index (χ2v) is 7.07. The maximum atomic E-state index is 3.73. The van der Waals surface area contributed by atoms with E-state index in [4.69, 9.17) is 0 Å². The molecule has 1 heterocycles. The second-order valence-electron chi connectivity index (χ2n) is 7.07. The summed E-state index contributed by atoms with van der Waals surface area (Å²) in [6.45, 7) is 15.4. The summed E-state index contributed by atoms with van der Waals surface area (Å²) in [5.74, 6) is 0. The van der Waals surface area contributed by atoms with Crippen molar-refractivity contribution in [2.75, 3.05) is 19.6 Å². The SMILES string of the molecule is CCCCCC(C)N1CCCNC(C(C)(C)C)C1. The Morgan fingerprint density at radius 3 is 2.61 bits per heavy atom. The van der Waals surface area contributed by atoms with Crippen LogP contribution in [0.25, 0.3) is 0 Å². The Hall–Kier alpha value is -0.0800. The number of unbranched alkanes of at least 4 members (excludes halogenated alkanes) is 2. The van der Waals surface area contributed by atoms with Gasteiger partial charge >= 0.3 is 0 Å². The van der Waals surface area contributed by atoms with E-state index in [-0.39, 0.29) is 0 Å². The number of nitrogens with one attached hydrogen (secondary N) is 1. The minimum atomic E-state index is 0.367. The molecule has 108 valence electrons. The van der Waals surface area contributed by atoms with E-state index in [2.05, 4.69) is 44.8 Å². The van der Waals surface area contributed by atoms with Crippen LogP contribution in [0.2, 0.25) is 0 Å². The minimum Gasteiger partial charge on any atom is -0.312 e. The molecule has 2 atom stereocenters. The molecule has 18 heavy (non-hydrogen) atoms. The van der Waals surface area contributed by atoms with Crippen LogP contribution in [0.5, 0.6) is 0 Å². The third-order valence-corrected chi connectivity index (χ3v) is 4.32. The van der Waals surface area contributed by atoms with Crippen LogP contribution in [0.1, 0.15) is 66.7 Å². The third-order valence-electron chi connectivity index (χ3n) is 4.32. The van der Waals surface area contributed by atoms with Crippen LogP contribution in [0.15, 0.2) is 0 Å². The largest absolute Gasteiger partial charge is 0.312 e. The fraction of sp³-hybridized carbons (Fsp3) is 1.00. The highest BCUT2D eigenvalue weighted by Crippen LogP contribution is 2.23. The normalized spacial score (nSPS) is 24.8. The van der Waals surface area contributed by atoms with Gasteiger partial charge in [-0.1, -0.05) is 47.0 Å². The molecule has 0 bridgehead atoms. The Morgan fingerprint density at radius 2 is 2.00 bits per heavy atom. The van der Waals surface area contributed by atoms with Crippen molar-refractivity contribution in [3.05, 3.63) is 0 Å². The van der Waals surface area contributed by atoms with Gasteiger partial charge in [-0.25, -0.2) is 0 Å². The third kappa shape index (κ3) is 5.27. The van der Waals surface area contributed by atoms with Gasteiger partial charge in [0.05, 0.1) is 0 Å². The van der Waals surface area contributed by atoms with Gasteiger partial charge in [-0.05, 0) is 38.3 Å². The van der Waals surface area contributed by atoms with Crippen molar-refractivity contribution in [3.63, 3.8) is 0 Å². The van der Waals surface area contributed by atoms with E-state index in [1.807, 2.05) is 0 Å². The van der Waals surface area contributed by atoms with Crippen molar-refractivity contribution < 1.29 is 0 Å². The van der Waals surface area contributed by atoms with Gasteiger partial charge in [-0.3, -0.25) is 4.90 Å². The van der Waals surface area contributed by atoms with Crippen molar-refractivity contribution >= 4 is 0 Å². The van der Waals surface area contributed by atoms with Crippen LogP contribution in [-0.4, -0.2) is 36.6 Å². The van der Waals surface area contributed by atoms with Gasteiger partial charge < -0.3 is 5.32 Å². The molecule has 1 saturated heterocycles. The molecule has 1 rings (SSSR count). The Labute approximate surface area is 115 Å². The van der Waals surface area contributed by atoms with Gasteiger partial charge in [0.2, 0.25) is 0 Å². The molecule has 1 aliphatic heterocycles. The van der Waals surface area contributed by atoms with E-state index in [1.165, 1.54) is 51.7 Å². The van der Waals surface area contributed by atoms with Gasteiger partial charge in [-0.2, -0.15) is 0 Å². The van der Waals surface area contributed by atoms with E-state index in [1.54, 1.807) is 0 Å². The zero-order valence-corrected chi connectivity index (χ0v) is 13.3. The average Bonchev–Trinajstić information content (AvgIpc) is 2.54. The van der Waals surface area contributed by atoms with Crippen LogP contribution in [-0.2, 0) is 0 Å². The van der Waals surface area contributed by atoms with Gasteiger partial charge in [-0.15, -0.1) is 0 Å². The average molecular weight is 254 g/mol. The zero-order chi connectivity index (χ0) is 13.6. The molecule has 1 N–H and O–H groups in total. The van der Waals surface area contributed by atoms with Crippen LogP contribution in [0, 0.1) is 5.41 Å². The molecule has 2 heteroatoms. The van der Waals surface area contributed by atoms with Crippen molar-refractivity contribution in [2.24, 2.45) is 5.41 Å². The predicted octanol–water partition coefficient (Wildman–Crippen LogP) is 3.67. The molecule has 0 aromatic carbocycles. The summed E-state index contributed by atoms with van der Waals surface area (Å²) in [5.41, 5.74) is 0.367. The molecule has 1 aliphatic rings. The first-order chi connectivity index (χ1) is 8.45. The lowest BCUT2D eigenvalue weighted by Crippen LogP contribution is -2.48. The molecule has 1 fully saturated rings. The summed E-state index contributed by atoms with van der Waals surface area (Å²) in [5, 5.41) is 3.73. The van der Waals surface area contributed by atoms with E-state index in [0.717, 1.165) is 6.04 Å². The van der Waals surface area contributed by atoms with Crippen molar-refractivity contribution in [2.45, 2.75) is 78.8 Å². The van der Waals surface area contributed by atoms with E-state index in [9.17, 15) is 0 Å². The monoisotopic (exact) mass is 254 g/mol. The van der Waals surface area contributed by atoms with Crippen molar-refractivity contribution in [1.29, 1.82) is 0 Å². The van der Waals surface area contributed by atoms with Gasteiger partial charge in [0.25, 0.3) is 0 Å². The van der Waals surface area contributed by atoms with Gasteiger partial charge in [0.1, 0.15) is 0 Å². The Balaban J connectivity index is 2.47. The summed E-state index contributed by atoms with van der Waals surface area (Å²) in [6.07, 6.45) is 6.77. The van der Waals surface area contributed by atoms with Gasteiger partial charge in [0, 0.05) is 18.6 Å². The molecule has 0 radical (unpaired) electrons. The predicted molar refractivity (Wildman–Crippen MR) is 81.0 cm³/mol. The summed E-state index contributed by atoms with van der Waals surface area (Å²) >= 11 is 0. The minimum absolute atomic E-state index is 0.367. The molecule has 2 nitrogen and oxygen atoms in total. The number of hydrogen-bond acceptors (Lipinski definition) is 2. The maximum Gasteiger partial charge on any atom is 0.0243 e. The molecule has 0 aliphatic carbocycles. The lowest BCUT2D eigenvalue weighted by atomic mass is 9.86. The lowest BCUT2D eigenvalue weighted by molar-refractivity contribution is 0.154. The fourth-order valence-electron chi connectivity index (χ4n) is 2.80. The van der Waals surface area contributed by atoms with Crippen LogP contribution >= 0.6 is 0 Å². The first-order valence-corrected chi connectivity index (χ1v) is 7.92. The summed E-state index contributed by atoms with van der Waals surface area (Å²) in [7, 11) is 0. The summed E-state index contributed by atoms with van der Waals surface area (Å²) < 4.78 is 0. The molecular weight excluding hydrogens is 220 g/mol. The van der Waals surface area contributed by atoms with E-state index < -0.39 is 0 Å². The first kappa shape index (κ1) is 16.0. The van der Waals surface area contributed by atoms with E-state index in [0.29, 0.717) is 11.5 Å². The topological polar surface area (TPSA) is 15.3 Å². The smallest absolute Gasteiger partial charge is 0.0243 e. The Kier molecular flexibility index (Phi) is 6.65. The molecular formula is C16H34N2. The summed E-state index contributed by atoms with van der Waals surface area (Å²) in [6, 6.07) is 1.38. The maximum absolute atomic E-state index is 3.73. The molecule has 0 saturated carbocycles. The number of nitrogens with zero attached hydrogens (tertiary/aromatic N) is 1. The van der Waals surface area contributed by atoms with E-state index >= 15 is 0 Å². The lowest BCUT2D eigenvalue weighted by Gasteiger charge is -2.36. The standard InChI is InChI=1S/C16H34N2/c1-6-7-8-10-14(2)18-12-9-11-17-15(13-18)16(3,4)5/h14-15,17H,6-13H2,1-5H3. The molecule has 2 unspecified atom stereocenters. The molecule has 0 aromatic rings. The Bertz CT molecular complexity index is 220. The van der Waals surface area contributed by atoms with Crippen LogP contribution < -0.4 is 5.32 Å². The molecule has 0 aromatic heterocycles. The quantitative estimate of drug-likeness (QED) is 0.753. The summed E-state index contributed by atoms with van der Waals surface area (Å²) in [4.78, 5) is 2.71. The highest BCUT2D eigenvalue weighted by Gasteiger charge is 2.29. The highest BCUT2D eigenvalue weighted by molar-refractivity contribution is 4.87.